The topological polar surface area (TPSA) is 71.3 Å². The van der Waals surface area contributed by atoms with Gasteiger partial charge in [-0.05, 0) is 42.8 Å². The Morgan fingerprint density at radius 1 is 1.04 bits per heavy atom. The highest BCUT2D eigenvalue weighted by Crippen LogP contribution is 2.11. The summed E-state index contributed by atoms with van der Waals surface area (Å²) < 4.78 is 5.17. The lowest BCUT2D eigenvalue weighted by molar-refractivity contribution is -0.116. The molecule has 0 unspecified atom stereocenters. The molecular formula is C19H24N2O3. The van der Waals surface area contributed by atoms with Gasteiger partial charge in [-0.3, -0.25) is 9.59 Å². The molecule has 1 heterocycles. The summed E-state index contributed by atoms with van der Waals surface area (Å²) in [5.74, 6) is 0.542. The highest BCUT2D eigenvalue weighted by Gasteiger charge is 2.07. The van der Waals surface area contributed by atoms with Crippen LogP contribution in [0, 0.1) is 0 Å². The molecule has 0 radical (unpaired) electrons. The highest BCUT2D eigenvalue weighted by atomic mass is 16.3. The van der Waals surface area contributed by atoms with Crippen molar-refractivity contribution in [2.75, 3.05) is 5.32 Å². The van der Waals surface area contributed by atoms with Gasteiger partial charge in [-0.15, -0.1) is 0 Å². The summed E-state index contributed by atoms with van der Waals surface area (Å²) in [7, 11) is 0. The van der Waals surface area contributed by atoms with Crippen LogP contribution in [0.25, 0.3) is 0 Å². The van der Waals surface area contributed by atoms with Gasteiger partial charge < -0.3 is 15.1 Å². The molecule has 0 aliphatic heterocycles. The van der Waals surface area contributed by atoms with Crippen molar-refractivity contribution in [2.45, 2.75) is 45.6 Å². The Bertz CT molecular complexity index is 633. The normalized spacial score (nSPS) is 10.4. The van der Waals surface area contributed by atoms with Crippen LogP contribution in [0.2, 0.25) is 0 Å². The van der Waals surface area contributed by atoms with Crippen LogP contribution in [0.1, 0.15) is 55.1 Å². The van der Waals surface area contributed by atoms with E-state index in [4.69, 9.17) is 4.42 Å². The van der Waals surface area contributed by atoms with Crippen LogP contribution in [0.3, 0.4) is 0 Å². The maximum absolute atomic E-state index is 12.0. The molecule has 128 valence electrons. The summed E-state index contributed by atoms with van der Waals surface area (Å²) in [5.41, 5.74) is 1.25. The Balaban J connectivity index is 1.77. The number of rotatable bonds is 9. The Hall–Kier alpha value is -2.56. The maximum atomic E-state index is 12.0. The first-order chi connectivity index (χ1) is 11.7. The van der Waals surface area contributed by atoms with Crippen molar-refractivity contribution in [3.8, 4) is 0 Å². The zero-order chi connectivity index (χ0) is 17.2. The van der Waals surface area contributed by atoms with Crippen molar-refractivity contribution in [1.82, 2.24) is 5.32 Å². The summed E-state index contributed by atoms with van der Waals surface area (Å²) in [4.78, 5) is 23.9. The number of nitrogens with one attached hydrogen (secondary N) is 2. The van der Waals surface area contributed by atoms with E-state index in [-0.39, 0.29) is 11.8 Å². The number of amides is 2. The summed E-state index contributed by atoms with van der Waals surface area (Å²) >= 11 is 0. The van der Waals surface area contributed by atoms with Crippen LogP contribution in [0.5, 0.6) is 0 Å². The van der Waals surface area contributed by atoms with Gasteiger partial charge in [-0.25, -0.2) is 0 Å². The molecule has 2 aromatic rings. The predicted molar refractivity (Wildman–Crippen MR) is 93.7 cm³/mol. The quantitative estimate of drug-likeness (QED) is 0.680. The van der Waals surface area contributed by atoms with Crippen LogP contribution in [0.4, 0.5) is 5.69 Å². The van der Waals surface area contributed by atoms with E-state index in [2.05, 4.69) is 17.6 Å². The number of hydrogen-bond donors (Lipinski definition) is 2. The molecule has 24 heavy (non-hydrogen) atoms. The summed E-state index contributed by atoms with van der Waals surface area (Å²) in [6, 6.07) is 10.5. The second kappa shape index (κ2) is 9.55. The van der Waals surface area contributed by atoms with Crippen LogP contribution in [0.15, 0.2) is 47.1 Å². The van der Waals surface area contributed by atoms with Crippen LogP contribution >= 0.6 is 0 Å². The van der Waals surface area contributed by atoms with E-state index in [9.17, 15) is 9.59 Å². The SMILES string of the molecule is CCCCCCC(=O)Nc1ccc(C(=O)NCc2ccco2)cc1. The van der Waals surface area contributed by atoms with E-state index < -0.39 is 0 Å². The fourth-order valence-corrected chi connectivity index (χ4v) is 2.32. The molecule has 0 fully saturated rings. The third-order valence-electron chi connectivity index (χ3n) is 3.69. The van der Waals surface area contributed by atoms with Crippen molar-refractivity contribution in [2.24, 2.45) is 0 Å². The molecule has 0 aliphatic carbocycles. The van der Waals surface area contributed by atoms with Gasteiger partial charge in [0.15, 0.2) is 0 Å². The number of unbranched alkanes of at least 4 members (excludes halogenated alkanes) is 3. The average molecular weight is 328 g/mol. The molecule has 0 aliphatic rings. The minimum atomic E-state index is -0.177. The summed E-state index contributed by atoms with van der Waals surface area (Å²) in [5, 5.41) is 5.64. The van der Waals surface area contributed by atoms with E-state index in [0.717, 1.165) is 25.7 Å². The van der Waals surface area contributed by atoms with Crippen molar-refractivity contribution in [1.29, 1.82) is 0 Å². The monoisotopic (exact) mass is 328 g/mol. The van der Waals surface area contributed by atoms with Gasteiger partial charge in [0.2, 0.25) is 5.91 Å². The van der Waals surface area contributed by atoms with Crippen LogP contribution in [-0.4, -0.2) is 11.8 Å². The van der Waals surface area contributed by atoms with E-state index in [1.165, 1.54) is 0 Å². The van der Waals surface area contributed by atoms with E-state index in [1.54, 1.807) is 42.7 Å². The van der Waals surface area contributed by atoms with Gasteiger partial charge in [-0.1, -0.05) is 26.2 Å². The van der Waals surface area contributed by atoms with Gasteiger partial charge >= 0.3 is 0 Å². The zero-order valence-electron chi connectivity index (χ0n) is 14.0. The van der Waals surface area contributed by atoms with Crippen molar-refractivity contribution >= 4 is 17.5 Å². The lowest BCUT2D eigenvalue weighted by Gasteiger charge is -2.07. The smallest absolute Gasteiger partial charge is 0.251 e. The molecule has 0 bridgehead atoms. The Labute approximate surface area is 142 Å². The Morgan fingerprint density at radius 2 is 1.83 bits per heavy atom. The molecule has 0 atom stereocenters. The predicted octanol–water partition coefficient (Wildman–Crippen LogP) is 4.12. The van der Waals surface area contributed by atoms with Gasteiger partial charge in [-0.2, -0.15) is 0 Å². The second-order valence-corrected chi connectivity index (χ2v) is 5.70. The van der Waals surface area contributed by atoms with Crippen LogP contribution in [-0.2, 0) is 11.3 Å². The lowest BCUT2D eigenvalue weighted by atomic mass is 10.1. The minimum absolute atomic E-state index is 0.0149. The molecule has 0 saturated heterocycles. The molecule has 1 aromatic heterocycles. The van der Waals surface area contributed by atoms with E-state index in [0.29, 0.717) is 30.0 Å². The van der Waals surface area contributed by atoms with E-state index >= 15 is 0 Å². The Kier molecular flexibility index (Phi) is 7.08. The number of benzene rings is 1. The number of carbonyl (C=O) groups excluding carboxylic acids is 2. The lowest BCUT2D eigenvalue weighted by Crippen LogP contribution is -2.22. The van der Waals surface area contributed by atoms with Gasteiger partial charge in [0, 0.05) is 17.7 Å². The van der Waals surface area contributed by atoms with Crippen molar-refractivity contribution in [3.63, 3.8) is 0 Å². The summed E-state index contributed by atoms with van der Waals surface area (Å²) in [6.45, 7) is 2.49. The average Bonchev–Trinajstić information content (AvgIpc) is 3.11. The second-order valence-electron chi connectivity index (χ2n) is 5.70. The molecule has 2 N–H and O–H groups in total. The third-order valence-corrected chi connectivity index (χ3v) is 3.69. The van der Waals surface area contributed by atoms with Crippen molar-refractivity contribution in [3.05, 3.63) is 54.0 Å². The van der Waals surface area contributed by atoms with Gasteiger partial charge in [0.25, 0.3) is 5.91 Å². The zero-order valence-corrected chi connectivity index (χ0v) is 14.0. The number of furan rings is 1. The molecule has 0 saturated carbocycles. The third kappa shape index (κ3) is 5.91. The van der Waals surface area contributed by atoms with Gasteiger partial charge in [0.05, 0.1) is 12.8 Å². The molecule has 0 spiro atoms. The number of anilines is 1. The Morgan fingerprint density at radius 3 is 2.50 bits per heavy atom. The summed E-state index contributed by atoms with van der Waals surface area (Å²) in [6.07, 6.45) is 6.42. The largest absolute Gasteiger partial charge is 0.467 e. The highest BCUT2D eigenvalue weighted by molar-refractivity contribution is 5.95. The van der Waals surface area contributed by atoms with Crippen LogP contribution < -0.4 is 10.6 Å². The first kappa shape index (κ1) is 17.8. The fourth-order valence-electron chi connectivity index (χ4n) is 2.32. The minimum Gasteiger partial charge on any atom is -0.467 e. The molecule has 1 aromatic carbocycles. The number of carbonyl (C=O) groups is 2. The standard InChI is InChI=1S/C19H24N2O3/c1-2-3-4-5-8-18(22)21-16-11-9-15(10-12-16)19(23)20-14-17-7-6-13-24-17/h6-7,9-13H,2-5,8,14H2,1H3,(H,20,23)(H,21,22). The van der Waals surface area contributed by atoms with E-state index in [1.807, 2.05) is 0 Å². The van der Waals surface area contributed by atoms with Gasteiger partial charge in [0.1, 0.15) is 5.76 Å². The first-order valence-corrected chi connectivity index (χ1v) is 8.39. The molecule has 2 amide bonds. The van der Waals surface area contributed by atoms with Crippen molar-refractivity contribution < 1.29 is 14.0 Å². The fraction of sp³-hybridized carbons (Fsp3) is 0.368. The molecule has 5 nitrogen and oxygen atoms in total. The number of hydrogen-bond acceptors (Lipinski definition) is 3. The molecular weight excluding hydrogens is 304 g/mol. The molecule has 5 heteroatoms. The maximum Gasteiger partial charge on any atom is 0.251 e. The first-order valence-electron chi connectivity index (χ1n) is 8.39. The molecule has 2 rings (SSSR count).